The monoisotopic (exact) mass is 213 g/mol. The molecule has 0 aromatic rings. The van der Waals surface area contributed by atoms with Crippen molar-refractivity contribution in [2.45, 2.75) is 51.4 Å². The Bertz CT molecular complexity index is 239. The number of amides is 1. The summed E-state index contributed by atoms with van der Waals surface area (Å²) in [6.07, 6.45) is 2.93. The number of nitrogens with one attached hydrogen (secondary N) is 1. The maximum atomic E-state index is 11.3. The van der Waals surface area contributed by atoms with Crippen LogP contribution in [0.3, 0.4) is 0 Å². The molecule has 1 aliphatic carbocycles. The summed E-state index contributed by atoms with van der Waals surface area (Å²) in [4.78, 5) is 11.3. The number of alkyl carbamates (subject to hydrolysis) is 1. The van der Waals surface area contributed by atoms with Crippen molar-refractivity contribution in [3.05, 3.63) is 12.8 Å². The van der Waals surface area contributed by atoms with Crippen LogP contribution in [0.15, 0.2) is 12.8 Å². The Morgan fingerprint density at radius 1 is 1.47 bits per heavy atom. The fourth-order valence-electron chi connectivity index (χ4n) is 1.40. The Balaban J connectivity index is 2.16. The lowest BCUT2D eigenvalue weighted by molar-refractivity contribution is 0.0243. The van der Waals surface area contributed by atoms with Gasteiger partial charge in [0.1, 0.15) is 11.7 Å². The molecule has 0 bridgehead atoms. The molecular weight excluding hydrogens is 194 g/mol. The van der Waals surface area contributed by atoms with Crippen LogP contribution >= 0.6 is 0 Å². The van der Waals surface area contributed by atoms with Gasteiger partial charge in [-0.05, 0) is 20.8 Å². The summed E-state index contributed by atoms with van der Waals surface area (Å²) in [7, 11) is 0. The minimum Gasteiger partial charge on any atom is -0.498 e. The van der Waals surface area contributed by atoms with E-state index >= 15 is 0 Å². The zero-order valence-electron chi connectivity index (χ0n) is 9.58. The van der Waals surface area contributed by atoms with Gasteiger partial charge in [-0.2, -0.15) is 0 Å². The van der Waals surface area contributed by atoms with E-state index in [1.807, 2.05) is 20.8 Å². The molecule has 0 aliphatic heterocycles. The van der Waals surface area contributed by atoms with E-state index in [0.717, 1.165) is 12.8 Å². The van der Waals surface area contributed by atoms with E-state index < -0.39 is 5.60 Å². The van der Waals surface area contributed by atoms with Gasteiger partial charge in [-0.1, -0.05) is 6.58 Å². The van der Waals surface area contributed by atoms with Gasteiger partial charge < -0.3 is 14.8 Å². The Morgan fingerprint density at radius 3 is 2.53 bits per heavy atom. The van der Waals surface area contributed by atoms with Crippen LogP contribution in [-0.4, -0.2) is 23.8 Å². The van der Waals surface area contributed by atoms with Gasteiger partial charge in [0.25, 0.3) is 0 Å². The van der Waals surface area contributed by atoms with Crippen LogP contribution in [0.2, 0.25) is 0 Å². The van der Waals surface area contributed by atoms with Gasteiger partial charge in [0.05, 0.1) is 6.26 Å². The Labute approximate surface area is 90.6 Å². The van der Waals surface area contributed by atoms with Crippen LogP contribution in [-0.2, 0) is 9.47 Å². The van der Waals surface area contributed by atoms with Gasteiger partial charge in [0.2, 0.25) is 0 Å². The maximum Gasteiger partial charge on any atom is 0.407 e. The molecule has 15 heavy (non-hydrogen) atoms. The van der Waals surface area contributed by atoms with Gasteiger partial charge >= 0.3 is 6.09 Å². The van der Waals surface area contributed by atoms with Gasteiger partial charge in [0.15, 0.2) is 0 Å². The average Bonchev–Trinajstić information content (AvgIpc) is 1.97. The van der Waals surface area contributed by atoms with Gasteiger partial charge in [0, 0.05) is 18.9 Å². The highest BCUT2D eigenvalue weighted by Gasteiger charge is 2.32. The van der Waals surface area contributed by atoms with E-state index in [2.05, 4.69) is 11.9 Å². The summed E-state index contributed by atoms with van der Waals surface area (Å²) in [6, 6.07) is 0.171. The SMILES string of the molecule is C=COC1CC(NC(=O)OC(C)(C)C)C1. The molecule has 0 unspecified atom stereocenters. The lowest BCUT2D eigenvalue weighted by Gasteiger charge is -2.35. The van der Waals surface area contributed by atoms with Crippen LogP contribution in [0.5, 0.6) is 0 Å². The van der Waals surface area contributed by atoms with E-state index in [1.54, 1.807) is 0 Å². The number of ether oxygens (including phenoxy) is 2. The van der Waals surface area contributed by atoms with E-state index in [0.29, 0.717) is 0 Å². The summed E-state index contributed by atoms with van der Waals surface area (Å²) in [5, 5.41) is 2.79. The molecule has 86 valence electrons. The summed E-state index contributed by atoms with van der Waals surface area (Å²) >= 11 is 0. The molecule has 4 heteroatoms. The van der Waals surface area contributed by atoms with E-state index in [1.165, 1.54) is 6.26 Å². The first-order chi connectivity index (χ1) is 6.90. The summed E-state index contributed by atoms with van der Waals surface area (Å²) in [5.74, 6) is 0. The van der Waals surface area contributed by atoms with Gasteiger partial charge in [-0.25, -0.2) is 4.79 Å². The van der Waals surface area contributed by atoms with Crippen molar-refractivity contribution in [1.82, 2.24) is 5.32 Å². The highest BCUT2D eigenvalue weighted by molar-refractivity contribution is 5.68. The fourth-order valence-corrected chi connectivity index (χ4v) is 1.40. The largest absolute Gasteiger partial charge is 0.498 e. The zero-order chi connectivity index (χ0) is 11.5. The molecule has 1 amide bonds. The Morgan fingerprint density at radius 2 is 2.07 bits per heavy atom. The predicted octanol–water partition coefficient (Wildman–Crippen LogP) is 2.20. The molecule has 0 atom stereocenters. The first-order valence-corrected chi connectivity index (χ1v) is 5.16. The lowest BCUT2D eigenvalue weighted by Crippen LogP contribution is -2.48. The second-order valence-corrected chi connectivity index (χ2v) is 4.74. The minimum atomic E-state index is -0.440. The van der Waals surface area contributed by atoms with Crippen molar-refractivity contribution in [3.8, 4) is 0 Å². The molecule has 1 aliphatic rings. The van der Waals surface area contributed by atoms with Crippen molar-refractivity contribution in [3.63, 3.8) is 0 Å². The second-order valence-electron chi connectivity index (χ2n) is 4.74. The Hall–Kier alpha value is -1.19. The van der Waals surface area contributed by atoms with Crippen LogP contribution < -0.4 is 5.32 Å². The third kappa shape index (κ3) is 4.23. The number of hydrogen-bond acceptors (Lipinski definition) is 3. The molecular formula is C11H19NO3. The topological polar surface area (TPSA) is 47.6 Å². The van der Waals surface area contributed by atoms with E-state index in [-0.39, 0.29) is 18.2 Å². The first-order valence-electron chi connectivity index (χ1n) is 5.16. The van der Waals surface area contributed by atoms with Crippen molar-refractivity contribution < 1.29 is 14.3 Å². The molecule has 0 spiro atoms. The third-order valence-corrected chi connectivity index (χ3v) is 2.10. The minimum absolute atomic E-state index is 0.171. The zero-order valence-corrected chi connectivity index (χ0v) is 9.58. The first kappa shape index (κ1) is 11.9. The molecule has 4 nitrogen and oxygen atoms in total. The second kappa shape index (κ2) is 4.55. The number of carbonyl (C=O) groups excluding carboxylic acids is 1. The van der Waals surface area contributed by atoms with Crippen LogP contribution in [0.25, 0.3) is 0 Å². The molecule has 1 rings (SSSR count). The van der Waals surface area contributed by atoms with E-state index in [4.69, 9.17) is 9.47 Å². The highest BCUT2D eigenvalue weighted by atomic mass is 16.6. The molecule has 0 radical (unpaired) electrons. The molecule has 1 saturated carbocycles. The fraction of sp³-hybridized carbons (Fsp3) is 0.727. The van der Waals surface area contributed by atoms with Gasteiger partial charge in [-0.15, -0.1) is 0 Å². The molecule has 0 saturated heterocycles. The summed E-state index contributed by atoms with van der Waals surface area (Å²) < 4.78 is 10.3. The molecule has 1 N–H and O–H groups in total. The Kier molecular flexibility index (Phi) is 3.61. The molecule has 0 heterocycles. The summed E-state index contributed by atoms with van der Waals surface area (Å²) in [5.41, 5.74) is -0.440. The van der Waals surface area contributed by atoms with Crippen molar-refractivity contribution in [2.24, 2.45) is 0 Å². The highest BCUT2D eigenvalue weighted by Crippen LogP contribution is 2.23. The number of rotatable bonds is 3. The normalized spacial score (nSPS) is 25.0. The molecule has 0 aromatic heterocycles. The smallest absolute Gasteiger partial charge is 0.407 e. The predicted molar refractivity (Wildman–Crippen MR) is 57.5 cm³/mol. The quantitative estimate of drug-likeness (QED) is 0.731. The van der Waals surface area contributed by atoms with Crippen molar-refractivity contribution in [2.75, 3.05) is 0 Å². The van der Waals surface area contributed by atoms with Gasteiger partial charge in [-0.3, -0.25) is 0 Å². The van der Waals surface area contributed by atoms with Crippen molar-refractivity contribution in [1.29, 1.82) is 0 Å². The lowest BCUT2D eigenvalue weighted by atomic mass is 9.89. The third-order valence-electron chi connectivity index (χ3n) is 2.10. The molecule has 0 aromatic carbocycles. The van der Waals surface area contributed by atoms with Crippen LogP contribution in [0.4, 0.5) is 4.79 Å². The standard InChI is InChI=1S/C11H19NO3/c1-5-14-9-6-8(7-9)12-10(13)15-11(2,3)4/h5,8-9H,1,6-7H2,2-4H3,(H,12,13). The maximum absolute atomic E-state index is 11.3. The summed E-state index contributed by atoms with van der Waals surface area (Å²) in [6.45, 7) is 9.02. The van der Waals surface area contributed by atoms with Crippen molar-refractivity contribution >= 4 is 6.09 Å². The van der Waals surface area contributed by atoms with Crippen LogP contribution in [0.1, 0.15) is 33.6 Å². The van der Waals surface area contributed by atoms with Crippen LogP contribution in [0, 0.1) is 0 Å². The molecule has 1 fully saturated rings. The van der Waals surface area contributed by atoms with E-state index in [9.17, 15) is 4.79 Å². The number of hydrogen-bond donors (Lipinski definition) is 1. The number of carbonyl (C=O) groups is 1. The average molecular weight is 213 g/mol.